The van der Waals surface area contributed by atoms with Crippen LogP contribution in [-0.4, -0.2) is 26.6 Å². The Balaban J connectivity index is 1.95. The molecule has 2 aromatic carbocycles. The van der Waals surface area contributed by atoms with Crippen LogP contribution in [-0.2, 0) is 14.8 Å². The smallest absolute Gasteiger partial charge is 0.264 e. The van der Waals surface area contributed by atoms with Crippen molar-refractivity contribution < 1.29 is 13.2 Å². The Morgan fingerprint density at radius 2 is 1.84 bits per heavy atom. The summed E-state index contributed by atoms with van der Waals surface area (Å²) < 4.78 is 27.1. The Labute approximate surface area is 152 Å². The molecule has 25 heavy (non-hydrogen) atoms. The van der Waals surface area contributed by atoms with Crippen LogP contribution in [0.1, 0.15) is 18.9 Å². The lowest BCUT2D eigenvalue weighted by atomic mass is 10.2. The zero-order chi connectivity index (χ0) is 18.2. The molecule has 1 aliphatic heterocycles. The van der Waals surface area contributed by atoms with Crippen LogP contribution < -0.4 is 9.62 Å². The number of thioether (sulfide) groups is 1. The highest BCUT2D eigenvalue weighted by molar-refractivity contribution is 8.01. The van der Waals surface area contributed by atoms with Crippen molar-refractivity contribution in [3.63, 3.8) is 0 Å². The fourth-order valence-corrected chi connectivity index (χ4v) is 4.86. The van der Waals surface area contributed by atoms with Crippen LogP contribution in [0.2, 0.25) is 0 Å². The van der Waals surface area contributed by atoms with Crippen molar-refractivity contribution in [1.82, 2.24) is 0 Å². The van der Waals surface area contributed by atoms with E-state index in [1.54, 1.807) is 24.3 Å². The van der Waals surface area contributed by atoms with Crippen molar-refractivity contribution in [2.75, 3.05) is 16.7 Å². The summed E-state index contributed by atoms with van der Waals surface area (Å²) in [5.41, 5.74) is 2.21. The predicted molar refractivity (Wildman–Crippen MR) is 102 cm³/mol. The predicted octanol–water partition coefficient (Wildman–Crippen LogP) is 3.64. The summed E-state index contributed by atoms with van der Waals surface area (Å²) in [7, 11) is -2.17. The molecule has 0 aliphatic carbocycles. The lowest BCUT2D eigenvalue weighted by Crippen LogP contribution is -2.29. The molecule has 2 aromatic rings. The average Bonchev–Trinajstić information content (AvgIpc) is 2.60. The molecule has 3 rings (SSSR count). The third-order valence-electron chi connectivity index (χ3n) is 4.20. The highest BCUT2D eigenvalue weighted by Gasteiger charge is 2.28. The maximum Gasteiger partial charge on any atom is 0.264 e. The number of fused-ring (bicyclic) bond motifs is 1. The van der Waals surface area contributed by atoms with Crippen LogP contribution in [0.3, 0.4) is 0 Å². The molecule has 0 radical (unpaired) electrons. The Morgan fingerprint density at radius 1 is 1.16 bits per heavy atom. The zero-order valence-electron chi connectivity index (χ0n) is 14.3. The molecule has 0 saturated carbocycles. The van der Waals surface area contributed by atoms with Crippen molar-refractivity contribution in [1.29, 1.82) is 0 Å². The molecule has 1 heterocycles. The fourth-order valence-electron chi connectivity index (χ4n) is 2.61. The first-order chi connectivity index (χ1) is 11.8. The van der Waals surface area contributed by atoms with Gasteiger partial charge in [-0.25, -0.2) is 8.42 Å². The first-order valence-electron chi connectivity index (χ1n) is 8.00. The minimum absolute atomic E-state index is 0.0820. The molecule has 132 valence electrons. The fraction of sp³-hybridized carbons (Fsp3) is 0.278. The standard InChI is InChI=1S/C18H20N2O3S2/c1-4-16-18(21)19-15-11-14(9-10-17(15)24-16)25(22,23)20(3)13-7-5-12(2)6-8-13/h5-11,16H,4H2,1-3H3,(H,19,21)/t16-/m1/s1. The SMILES string of the molecule is CC[C@H]1Sc2ccc(S(=O)(=O)N(C)c3ccc(C)cc3)cc2NC1=O. The molecular weight excluding hydrogens is 356 g/mol. The topological polar surface area (TPSA) is 66.5 Å². The van der Waals surface area contributed by atoms with Gasteiger partial charge in [-0.2, -0.15) is 0 Å². The molecule has 1 amide bonds. The number of hydrogen-bond donors (Lipinski definition) is 1. The highest BCUT2D eigenvalue weighted by atomic mass is 32.2. The van der Waals surface area contributed by atoms with E-state index in [4.69, 9.17) is 0 Å². The number of hydrogen-bond acceptors (Lipinski definition) is 4. The minimum Gasteiger partial charge on any atom is -0.324 e. The number of carbonyl (C=O) groups excluding carboxylic acids is 1. The maximum absolute atomic E-state index is 12.9. The molecular formula is C18H20N2O3S2. The first kappa shape index (κ1) is 17.8. The van der Waals surface area contributed by atoms with Gasteiger partial charge < -0.3 is 5.32 Å². The van der Waals surface area contributed by atoms with Gasteiger partial charge in [0.25, 0.3) is 10.0 Å². The van der Waals surface area contributed by atoms with Crippen LogP contribution in [0.25, 0.3) is 0 Å². The van der Waals surface area contributed by atoms with Gasteiger partial charge in [-0.3, -0.25) is 9.10 Å². The maximum atomic E-state index is 12.9. The van der Waals surface area contributed by atoms with E-state index in [2.05, 4.69) is 5.32 Å². The molecule has 0 unspecified atom stereocenters. The molecule has 1 atom stereocenters. The van der Waals surface area contributed by atoms with E-state index in [9.17, 15) is 13.2 Å². The monoisotopic (exact) mass is 376 g/mol. The number of anilines is 2. The summed E-state index contributed by atoms with van der Waals surface area (Å²) in [4.78, 5) is 13.1. The number of nitrogens with one attached hydrogen (secondary N) is 1. The van der Waals surface area contributed by atoms with Crippen LogP contribution in [0.4, 0.5) is 11.4 Å². The molecule has 0 spiro atoms. The number of benzene rings is 2. The normalized spacial score (nSPS) is 16.9. The largest absolute Gasteiger partial charge is 0.324 e. The second kappa shape index (κ2) is 6.72. The molecule has 0 bridgehead atoms. The molecule has 1 N–H and O–H groups in total. The van der Waals surface area contributed by atoms with Crippen LogP contribution >= 0.6 is 11.8 Å². The summed E-state index contributed by atoms with van der Waals surface area (Å²) in [6.07, 6.45) is 0.728. The van der Waals surface area contributed by atoms with Crippen LogP contribution in [0.15, 0.2) is 52.3 Å². The number of carbonyl (C=O) groups is 1. The van der Waals surface area contributed by atoms with Crippen molar-refractivity contribution in [2.24, 2.45) is 0 Å². The molecule has 7 heteroatoms. The van der Waals surface area contributed by atoms with E-state index in [1.165, 1.54) is 29.2 Å². The molecule has 0 aromatic heterocycles. The van der Waals surface area contributed by atoms with Crippen LogP contribution in [0.5, 0.6) is 0 Å². The van der Waals surface area contributed by atoms with Crippen LogP contribution in [0, 0.1) is 6.92 Å². The highest BCUT2D eigenvalue weighted by Crippen LogP contribution is 2.38. The second-order valence-electron chi connectivity index (χ2n) is 5.97. The summed E-state index contributed by atoms with van der Waals surface area (Å²) in [6.45, 7) is 3.91. The Kier molecular flexibility index (Phi) is 4.79. The van der Waals surface area contributed by atoms with Gasteiger partial charge in [0.2, 0.25) is 5.91 Å². The average molecular weight is 377 g/mol. The summed E-state index contributed by atoms with van der Waals surface area (Å²) in [5.74, 6) is -0.0820. The molecule has 0 saturated heterocycles. The van der Waals surface area contributed by atoms with E-state index in [-0.39, 0.29) is 16.1 Å². The summed E-state index contributed by atoms with van der Waals surface area (Å²) in [6, 6.07) is 12.2. The van der Waals surface area contributed by atoms with Gasteiger partial charge in [-0.15, -0.1) is 11.8 Å². The van der Waals surface area contributed by atoms with Gasteiger partial charge in [-0.05, 0) is 43.7 Å². The quantitative estimate of drug-likeness (QED) is 0.885. The van der Waals surface area contributed by atoms with Gasteiger partial charge in [0, 0.05) is 11.9 Å². The Hall–Kier alpha value is -1.99. The lowest BCUT2D eigenvalue weighted by molar-refractivity contribution is -0.115. The number of amides is 1. The van der Waals surface area contributed by atoms with Crippen molar-refractivity contribution in [3.8, 4) is 0 Å². The van der Waals surface area contributed by atoms with E-state index in [1.807, 2.05) is 26.0 Å². The van der Waals surface area contributed by atoms with Gasteiger partial charge in [0.15, 0.2) is 0 Å². The Morgan fingerprint density at radius 3 is 2.48 bits per heavy atom. The molecule has 1 aliphatic rings. The first-order valence-corrected chi connectivity index (χ1v) is 10.3. The van der Waals surface area contributed by atoms with Crippen molar-refractivity contribution in [2.45, 2.75) is 35.3 Å². The van der Waals surface area contributed by atoms with E-state index < -0.39 is 10.0 Å². The van der Waals surface area contributed by atoms with E-state index in [0.717, 1.165) is 16.9 Å². The minimum atomic E-state index is -3.70. The number of nitrogens with zero attached hydrogens (tertiary/aromatic N) is 1. The van der Waals surface area contributed by atoms with E-state index >= 15 is 0 Å². The second-order valence-corrected chi connectivity index (χ2v) is 9.18. The summed E-state index contributed by atoms with van der Waals surface area (Å²) >= 11 is 1.47. The molecule has 0 fully saturated rings. The van der Waals surface area contributed by atoms with Gasteiger partial charge >= 0.3 is 0 Å². The van der Waals surface area contributed by atoms with Gasteiger partial charge in [-0.1, -0.05) is 24.6 Å². The number of rotatable bonds is 4. The van der Waals surface area contributed by atoms with E-state index in [0.29, 0.717) is 11.4 Å². The zero-order valence-corrected chi connectivity index (χ0v) is 15.9. The molecule has 5 nitrogen and oxygen atoms in total. The van der Waals surface area contributed by atoms with Crippen molar-refractivity contribution >= 4 is 39.1 Å². The number of sulfonamides is 1. The Bertz CT molecular complexity index is 908. The third kappa shape index (κ3) is 3.39. The lowest BCUT2D eigenvalue weighted by Gasteiger charge is -2.25. The van der Waals surface area contributed by atoms with Gasteiger partial charge in [0.1, 0.15) is 0 Å². The van der Waals surface area contributed by atoms with Gasteiger partial charge in [0.05, 0.1) is 21.5 Å². The van der Waals surface area contributed by atoms with Crippen molar-refractivity contribution in [3.05, 3.63) is 48.0 Å². The summed E-state index contributed by atoms with van der Waals surface area (Å²) in [5, 5.41) is 2.68. The number of aryl methyl sites for hydroxylation is 1. The third-order valence-corrected chi connectivity index (χ3v) is 7.42.